The van der Waals surface area contributed by atoms with Gasteiger partial charge in [0.15, 0.2) is 0 Å². The zero-order chi connectivity index (χ0) is 29.2. The summed E-state index contributed by atoms with van der Waals surface area (Å²) >= 11 is 0. The molecule has 6 atom stereocenters. The lowest BCUT2D eigenvalue weighted by Gasteiger charge is -2.19. The second kappa shape index (κ2) is 27.8. The fraction of sp³-hybridized carbons (Fsp3) is 0.929. The Morgan fingerprint density at radius 3 is 1.27 bits per heavy atom. The van der Waals surface area contributed by atoms with Gasteiger partial charge < -0.3 is 34.6 Å². The van der Waals surface area contributed by atoms with E-state index in [1.54, 1.807) is 13.8 Å². The first kappa shape index (κ1) is 40.2. The molecule has 224 valence electrons. The van der Waals surface area contributed by atoms with Crippen LogP contribution in [0.3, 0.4) is 0 Å². The quantitative estimate of drug-likeness (QED) is 0.165. The van der Waals surface area contributed by atoms with Crippen LogP contribution in [-0.4, -0.2) is 83.2 Å². The van der Waals surface area contributed by atoms with Gasteiger partial charge in [-0.3, -0.25) is 9.59 Å². The Kier molecular flexibility index (Phi) is 30.2. The SMILES string of the molecule is CC(O)COC(C)COC(C)COC(C)CO.CCCCC(CC)C(=O)O.CCCCC(CC)C(=O)O. The first-order valence-corrected chi connectivity index (χ1v) is 14.0. The van der Waals surface area contributed by atoms with E-state index in [1.807, 2.05) is 27.7 Å². The van der Waals surface area contributed by atoms with Crippen LogP contribution >= 0.6 is 0 Å². The molecule has 0 bridgehead atoms. The molecule has 0 aliphatic carbocycles. The van der Waals surface area contributed by atoms with Gasteiger partial charge in [0.1, 0.15) is 0 Å². The minimum atomic E-state index is -0.643. The minimum absolute atomic E-state index is 0.0145. The number of carboxylic acids is 2. The molecule has 9 nitrogen and oxygen atoms in total. The number of aliphatic hydroxyl groups is 2. The molecule has 0 fully saturated rings. The van der Waals surface area contributed by atoms with Crippen molar-refractivity contribution in [3.8, 4) is 0 Å². The van der Waals surface area contributed by atoms with Crippen LogP contribution in [0.5, 0.6) is 0 Å². The van der Waals surface area contributed by atoms with Gasteiger partial charge in [-0.2, -0.15) is 0 Å². The summed E-state index contributed by atoms with van der Waals surface area (Å²) in [7, 11) is 0. The summed E-state index contributed by atoms with van der Waals surface area (Å²) in [5.41, 5.74) is 0. The summed E-state index contributed by atoms with van der Waals surface area (Å²) in [6.07, 6.45) is 6.72. The molecule has 0 saturated carbocycles. The van der Waals surface area contributed by atoms with Crippen LogP contribution < -0.4 is 0 Å². The van der Waals surface area contributed by atoms with Crippen molar-refractivity contribution in [1.82, 2.24) is 0 Å². The molecule has 0 aromatic heterocycles. The Bertz CT molecular complexity index is 488. The summed E-state index contributed by atoms with van der Waals surface area (Å²) in [6, 6.07) is 0. The molecule has 0 amide bonds. The van der Waals surface area contributed by atoms with Crippen LogP contribution in [0.2, 0.25) is 0 Å². The second-order valence-corrected chi connectivity index (χ2v) is 9.63. The van der Waals surface area contributed by atoms with Gasteiger partial charge in [-0.1, -0.05) is 53.4 Å². The average Bonchev–Trinajstić information content (AvgIpc) is 2.86. The van der Waals surface area contributed by atoms with Crippen LogP contribution in [-0.2, 0) is 23.8 Å². The summed E-state index contributed by atoms with van der Waals surface area (Å²) < 4.78 is 16.2. The maximum absolute atomic E-state index is 10.4. The van der Waals surface area contributed by atoms with Crippen LogP contribution in [0.4, 0.5) is 0 Å². The number of carbonyl (C=O) groups is 2. The van der Waals surface area contributed by atoms with Crippen LogP contribution in [0.25, 0.3) is 0 Å². The zero-order valence-corrected chi connectivity index (χ0v) is 24.8. The lowest BCUT2D eigenvalue weighted by Crippen LogP contribution is -2.27. The molecule has 0 aromatic rings. The number of hydrogen-bond donors (Lipinski definition) is 4. The van der Waals surface area contributed by atoms with E-state index in [4.69, 9.17) is 34.6 Å². The Labute approximate surface area is 225 Å². The van der Waals surface area contributed by atoms with Gasteiger partial charge in [0.25, 0.3) is 0 Å². The third kappa shape index (κ3) is 29.2. The minimum Gasteiger partial charge on any atom is -0.481 e. The molecular weight excluding hydrogens is 480 g/mol. The third-order valence-electron chi connectivity index (χ3n) is 5.61. The molecule has 0 spiro atoms. The normalized spacial score (nSPS) is 15.6. The van der Waals surface area contributed by atoms with Crippen molar-refractivity contribution in [2.45, 2.75) is 131 Å². The van der Waals surface area contributed by atoms with E-state index in [2.05, 4.69) is 13.8 Å². The average molecular weight is 539 g/mol. The standard InChI is InChI=1S/C12H26O5.2C8H16O2/c1-9(14)6-15-11(3)8-17-12(4)7-16-10(2)5-13;2*1-3-5-6-7(4-2)8(9)10/h9-14H,5-8H2,1-4H3;2*7H,3-6H2,1-2H3,(H,9,10). The van der Waals surface area contributed by atoms with Crippen LogP contribution in [0.1, 0.15) is 107 Å². The number of hydrogen-bond acceptors (Lipinski definition) is 7. The van der Waals surface area contributed by atoms with Crippen LogP contribution in [0, 0.1) is 11.8 Å². The molecule has 0 saturated heterocycles. The Morgan fingerprint density at radius 2 is 1.00 bits per heavy atom. The molecule has 37 heavy (non-hydrogen) atoms. The van der Waals surface area contributed by atoms with E-state index >= 15 is 0 Å². The maximum atomic E-state index is 10.4. The number of aliphatic hydroxyl groups excluding tert-OH is 2. The predicted molar refractivity (Wildman–Crippen MR) is 147 cm³/mol. The molecule has 4 N–H and O–H groups in total. The van der Waals surface area contributed by atoms with Crippen molar-refractivity contribution in [2.75, 3.05) is 26.4 Å². The molecule has 6 unspecified atom stereocenters. The smallest absolute Gasteiger partial charge is 0.306 e. The predicted octanol–water partition coefficient (Wildman–Crippen LogP) is 5.15. The zero-order valence-electron chi connectivity index (χ0n) is 24.8. The van der Waals surface area contributed by atoms with E-state index in [0.29, 0.717) is 19.8 Å². The number of rotatable bonds is 20. The fourth-order valence-corrected chi connectivity index (χ4v) is 2.96. The largest absolute Gasteiger partial charge is 0.481 e. The lowest BCUT2D eigenvalue weighted by atomic mass is 10.00. The van der Waals surface area contributed by atoms with E-state index in [0.717, 1.165) is 51.4 Å². The molecular formula is C28H58O9. The highest BCUT2D eigenvalue weighted by atomic mass is 16.6. The van der Waals surface area contributed by atoms with Crippen LogP contribution in [0.15, 0.2) is 0 Å². The van der Waals surface area contributed by atoms with E-state index < -0.39 is 18.0 Å². The topological polar surface area (TPSA) is 143 Å². The first-order chi connectivity index (χ1) is 17.4. The van der Waals surface area contributed by atoms with Gasteiger partial charge in [0.2, 0.25) is 0 Å². The van der Waals surface area contributed by atoms with Gasteiger partial charge in [0, 0.05) is 0 Å². The Morgan fingerprint density at radius 1 is 0.649 bits per heavy atom. The Hall–Kier alpha value is -1.26. The van der Waals surface area contributed by atoms with Crippen molar-refractivity contribution in [2.24, 2.45) is 11.8 Å². The third-order valence-corrected chi connectivity index (χ3v) is 5.61. The van der Waals surface area contributed by atoms with Crippen molar-refractivity contribution in [1.29, 1.82) is 0 Å². The van der Waals surface area contributed by atoms with Crippen molar-refractivity contribution in [3.63, 3.8) is 0 Å². The number of ether oxygens (including phenoxy) is 3. The molecule has 0 aliphatic heterocycles. The van der Waals surface area contributed by atoms with Gasteiger partial charge in [-0.05, 0) is 53.4 Å². The van der Waals surface area contributed by atoms with Crippen molar-refractivity contribution < 1.29 is 44.2 Å². The summed E-state index contributed by atoms with van der Waals surface area (Å²) in [5.74, 6) is -1.51. The highest BCUT2D eigenvalue weighted by Crippen LogP contribution is 2.12. The second-order valence-electron chi connectivity index (χ2n) is 9.63. The van der Waals surface area contributed by atoms with Gasteiger partial charge in [0.05, 0.1) is 62.7 Å². The number of unbranched alkanes of at least 4 members (excludes halogenated alkanes) is 2. The van der Waals surface area contributed by atoms with Crippen molar-refractivity contribution in [3.05, 3.63) is 0 Å². The molecule has 0 aromatic carbocycles. The summed E-state index contributed by atoms with van der Waals surface area (Å²) in [6.45, 7) is 16.5. The van der Waals surface area contributed by atoms with Gasteiger partial charge >= 0.3 is 11.9 Å². The van der Waals surface area contributed by atoms with Gasteiger partial charge in [-0.25, -0.2) is 0 Å². The van der Waals surface area contributed by atoms with E-state index in [1.165, 1.54) is 0 Å². The highest BCUT2D eigenvalue weighted by molar-refractivity contribution is 5.70. The summed E-state index contributed by atoms with van der Waals surface area (Å²) in [5, 5.41) is 35.0. The molecule has 9 heteroatoms. The van der Waals surface area contributed by atoms with E-state index in [9.17, 15) is 9.59 Å². The molecule has 0 heterocycles. The first-order valence-electron chi connectivity index (χ1n) is 14.0. The molecule has 0 aliphatic rings. The maximum Gasteiger partial charge on any atom is 0.306 e. The van der Waals surface area contributed by atoms with E-state index in [-0.39, 0.29) is 36.8 Å². The fourth-order valence-electron chi connectivity index (χ4n) is 2.96. The monoisotopic (exact) mass is 538 g/mol. The molecule has 0 rings (SSSR count). The summed E-state index contributed by atoms with van der Waals surface area (Å²) in [4.78, 5) is 20.9. The number of carboxylic acid groups (broad SMARTS) is 2. The van der Waals surface area contributed by atoms with Crippen molar-refractivity contribution >= 4 is 11.9 Å². The Balaban J connectivity index is -0.000000499. The highest BCUT2D eigenvalue weighted by Gasteiger charge is 2.14. The number of aliphatic carboxylic acids is 2. The molecule has 0 radical (unpaired) electrons. The van der Waals surface area contributed by atoms with Gasteiger partial charge in [-0.15, -0.1) is 0 Å². The lowest BCUT2D eigenvalue weighted by molar-refractivity contribution is -0.143.